The molecule has 1 heterocycles. The molecule has 13 nitrogen and oxygen atoms in total. The van der Waals surface area contributed by atoms with E-state index in [2.05, 4.69) is 26.1 Å². The Balaban J connectivity index is 1.82. The zero-order valence-corrected chi connectivity index (χ0v) is 15.9. The van der Waals surface area contributed by atoms with Crippen molar-refractivity contribution in [3.63, 3.8) is 0 Å². The molecule has 0 saturated heterocycles. The van der Waals surface area contributed by atoms with Crippen LogP contribution in [0.1, 0.15) is 10.4 Å². The average molecular weight is 425 g/mol. The summed E-state index contributed by atoms with van der Waals surface area (Å²) in [4.78, 5) is 41.1. The Morgan fingerprint density at radius 2 is 1.74 bits per heavy atom. The standard InChI is InChI=1S/C18H15N7O6/c1-31-14-7-3-5-12(9-14)21-16-15(25(29)30)17(20-10-19-16)22-23-18(26)11-4-2-6-13(8-11)24(27)28/h2-10H,1H3,(H,23,26)(H2,19,20,21,22). The molecule has 0 aliphatic rings. The number of amides is 1. The maximum atomic E-state index is 12.3. The van der Waals surface area contributed by atoms with Gasteiger partial charge in [-0.05, 0) is 18.2 Å². The fourth-order valence-corrected chi connectivity index (χ4v) is 2.52. The lowest BCUT2D eigenvalue weighted by Crippen LogP contribution is -2.30. The molecule has 0 fully saturated rings. The topological polar surface area (TPSA) is 174 Å². The number of nitro groups is 2. The molecule has 0 atom stereocenters. The minimum absolute atomic E-state index is 0.0202. The van der Waals surface area contributed by atoms with Crippen LogP contribution in [0.25, 0.3) is 0 Å². The summed E-state index contributed by atoms with van der Waals surface area (Å²) in [7, 11) is 1.48. The van der Waals surface area contributed by atoms with Crippen LogP contribution in [0.3, 0.4) is 0 Å². The number of benzene rings is 2. The number of hydrazine groups is 1. The molecule has 13 heteroatoms. The van der Waals surface area contributed by atoms with Crippen molar-refractivity contribution in [2.75, 3.05) is 17.9 Å². The highest BCUT2D eigenvalue weighted by Gasteiger charge is 2.24. The van der Waals surface area contributed by atoms with Crippen molar-refractivity contribution in [3.8, 4) is 5.75 Å². The van der Waals surface area contributed by atoms with Gasteiger partial charge in [-0.2, -0.15) is 0 Å². The number of rotatable bonds is 8. The van der Waals surface area contributed by atoms with Crippen LogP contribution in [-0.4, -0.2) is 32.8 Å². The molecule has 0 spiro atoms. The van der Waals surface area contributed by atoms with E-state index in [-0.39, 0.29) is 22.9 Å². The predicted molar refractivity (Wildman–Crippen MR) is 109 cm³/mol. The lowest BCUT2D eigenvalue weighted by Gasteiger charge is -2.11. The highest BCUT2D eigenvalue weighted by molar-refractivity contribution is 5.95. The van der Waals surface area contributed by atoms with Crippen LogP contribution in [-0.2, 0) is 0 Å². The lowest BCUT2D eigenvalue weighted by molar-refractivity contribution is -0.384. The number of nitro benzene ring substituents is 1. The Labute approximate surface area is 174 Å². The van der Waals surface area contributed by atoms with Crippen molar-refractivity contribution in [1.29, 1.82) is 0 Å². The van der Waals surface area contributed by atoms with Crippen LogP contribution in [0.15, 0.2) is 54.9 Å². The fourth-order valence-electron chi connectivity index (χ4n) is 2.52. The summed E-state index contributed by atoms with van der Waals surface area (Å²) in [6.07, 6.45) is 1.07. The van der Waals surface area contributed by atoms with Crippen LogP contribution in [0.4, 0.5) is 28.7 Å². The smallest absolute Gasteiger partial charge is 0.355 e. The Morgan fingerprint density at radius 3 is 2.45 bits per heavy atom. The number of aromatic nitrogens is 2. The van der Waals surface area contributed by atoms with E-state index in [4.69, 9.17) is 4.74 Å². The van der Waals surface area contributed by atoms with Crippen molar-refractivity contribution < 1.29 is 19.4 Å². The Bertz CT molecular complexity index is 1150. The van der Waals surface area contributed by atoms with Gasteiger partial charge in [0.05, 0.1) is 17.0 Å². The van der Waals surface area contributed by atoms with Gasteiger partial charge < -0.3 is 10.1 Å². The lowest BCUT2D eigenvalue weighted by atomic mass is 10.2. The van der Waals surface area contributed by atoms with Gasteiger partial charge in [0.2, 0.25) is 11.6 Å². The first-order valence-corrected chi connectivity index (χ1v) is 8.60. The van der Waals surface area contributed by atoms with E-state index in [0.29, 0.717) is 11.4 Å². The molecule has 1 aromatic heterocycles. The zero-order chi connectivity index (χ0) is 22.4. The maximum absolute atomic E-state index is 12.3. The predicted octanol–water partition coefficient (Wildman–Crippen LogP) is 2.80. The van der Waals surface area contributed by atoms with E-state index >= 15 is 0 Å². The molecule has 0 unspecified atom stereocenters. The van der Waals surface area contributed by atoms with Crippen molar-refractivity contribution in [2.24, 2.45) is 0 Å². The zero-order valence-electron chi connectivity index (χ0n) is 15.9. The summed E-state index contributed by atoms with van der Waals surface area (Å²) < 4.78 is 5.12. The number of carbonyl (C=O) groups excluding carboxylic acids is 1. The first-order chi connectivity index (χ1) is 14.9. The highest BCUT2D eigenvalue weighted by Crippen LogP contribution is 2.31. The molecule has 0 radical (unpaired) electrons. The molecule has 1 amide bonds. The van der Waals surface area contributed by atoms with Gasteiger partial charge in [0.25, 0.3) is 11.6 Å². The molecule has 3 aromatic rings. The summed E-state index contributed by atoms with van der Waals surface area (Å²) in [5.41, 5.74) is 4.26. The van der Waals surface area contributed by atoms with Gasteiger partial charge in [-0.1, -0.05) is 12.1 Å². The number of carbonyl (C=O) groups is 1. The van der Waals surface area contributed by atoms with Crippen molar-refractivity contribution >= 4 is 34.6 Å². The quantitative estimate of drug-likeness (QED) is 0.359. The molecule has 158 valence electrons. The van der Waals surface area contributed by atoms with Crippen molar-refractivity contribution in [2.45, 2.75) is 0 Å². The van der Waals surface area contributed by atoms with Crippen LogP contribution >= 0.6 is 0 Å². The molecular formula is C18H15N7O6. The second kappa shape index (κ2) is 9.13. The number of hydrogen-bond donors (Lipinski definition) is 3. The molecule has 3 rings (SSSR count). The van der Waals surface area contributed by atoms with Gasteiger partial charge in [0, 0.05) is 29.4 Å². The minimum Gasteiger partial charge on any atom is -0.497 e. The number of hydrogen-bond acceptors (Lipinski definition) is 10. The van der Waals surface area contributed by atoms with Gasteiger partial charge in [0.1, 0.15) is 12.1 Å². The molecule has 3 N–H and O–H groups in total. The van der Waals surface area contributed by atoms with Gasteiger partial charge >= 0.3 is 5.69 Å². The molecule has 0 saturated carbocycles. The van der Waals surface area contributed by atoms with Gasteiger partial charge in [0.15, 0.2) is 0 Å². The summed E-state index contributed by atoms with van der Waals surface area (Å²) in [5.74, 6) is -0.632. The number of non-ortho nitro benzene ring substituents is 1. The van der Waals surface area contributed by atoms with E-state index in [1.54, 1.807) is 24.3 Å². The van der Waals surface area contributed by atoms with Gasteiger partial charge in [-0.25, -0.2) is 9.97 Å². The Kier molecular flexibility index (Phi) is 6.16. The summed E-state index contributed by atoms with van der Waals surface area (Å²) >= 11 is 0. The molecule has 0 aliphatic heterocycles. The van der Waals surface area contributed by atoms with E-state index in [0.717, 1.165) is 12.4 Å². The second-order valence-corrected chi connectivity index (χ2v) is 5.92. The largest absolute Gasteiger partial charge is 0.497 e. The monoisotopic (exact) mass is 425 g/mol. The van der Waals surface area contributed by atoms with Crippen LogP contribution in [0.2, 0.25) is 0 Å². The third kappa shape index (κ3) is 4.97. The van der Waals surface area contributed by atoms with E-state index in [9.17, 15) is 25.0 Å². The third-order valence-corrected chi connectivity index (χ3v) is 3.95. The number of nitrogens with one attached hydrogen (secondary N) is 3. The van der Waals surface area contributed by atoms with Gasteiger partial charge in [-0.3, -0.25) is 35.9 Å². The summed E-state index contributed by atoms with van der Waals surface area (Å²) in [5, 5.41) is 25.3. The molecule has 2 aromatic carbocycles. The molecule has 0 bridgehead atoms. The van der Waals surface area contributed by atoms with Crippen LogP contribution < -0.4 is 20.9 Å². The Hall–Kier alpha value is -4.81. The van der Waals surface area contributed by atoms with Crippen LogP contribution in [0.5, 0.6) is 5.75 Å². The minimum atomic E-state index is -0.751. The Morgan fingerprint density at radius 1 is 1.00 bits per heavy atom. The summed E-state index contributed by atoms with van der Waals surface area (Å²) in [6, 6.07) is 11.7. The maximum Gasteiger partial charge on any atom is 0.355 e. The SMILES string of the molecule is COc1cccc(Nc2ncnc(NNC(=O)c3cccc([N+](=O)[O-])c3)c2[N+](=O)[O-])c1. The summed E-state index contributed by atoms with van der Waals surface area (Å²) in [6.45, 7) is 0. The van der Waals surface area contributed by atoms with E-state index in [1.165, 1.54) is 25.3 Å². The van der Waals surface area contributed by atoms with Crippen molar-refractivity contribution in [3.05, 3.63) is 80.7 Å². The number of ether oxygens (including phenoxy) is 1. The molecule has 31 heavy (non-hydrogen) atoms. The van der Waals surface area contributed by atoms with E-state index in [1.807, 2.05) is 0 Å². The number of methoxy groups -OCH3 is 1. The van der Waals surface area contributed by atoms with Crippen LogP contribution in [0, 0.1) is 20.2 Å². The average Bonchev–Trinajstić information content (AvgIpc) is 2.77. The third-order valence-electron chi connectivity index (χ3n) is 3.95. The number of anilines is 3. The van der Waals surface area contributed by atoms with E-state index < -0.39 is 21.4 Å². The fraction of sp³-hybridized carbons (Fsp3) is 0.0556. The van der Waals surface area contributed by atoms with Gasteiger partial charge in [-0.15, -0.1) is 0 Å². The molecular weight excluding hydrogens is 410 g/mol. The number of nitrogens with zero attached hydrogens (tertiary/aromatic N) is 4. The highest BCUT2D eigenvalue weighted by atomic mass is 16.6. The molecule has 0 aliphatic carbocycles. The van der Waals surface area contributed by atoms with Crippen molar-refractivity contribution in [1.82, 2.24) is 15.4 Å². The normalized spacial score (nSPS) is 10.1. The first kappa shape index (κ1) is 20.9. The second-order valence-electron chi connectivity index (χ2n) is 5.92. The first-order valence-electron chi connectivity index (χ1n) is 8.60.